The van der Waals surface area contributed by atoms with E-state index in [0.717, 1.165) is 32.2 Å². The summed E-state index contributed by atoms with van der Waals surface area (Å²) >= 11 is 4.14. The van der Waals surface area contributed by atoms with Crippen molar-refractivity contribution in [2.24, 2.45) is 0 Å². The second-order valence-electron chi connectivity index (χ2n) is 3.89. The number of nitrogens with zero attached hydrogens (tertiary/aromatic N) is 1. The Morgan fingerprint density at radius 2 is 2.29 bits per heavy atom. The van der Waals surface area contributed by atoms with Crippen molar-refractivity contribution in [2.75, 3.05) is 13.2 Å². The van der Waals surface area contributed by atoms with E-state index in [0.29, 0.717) is 0 Å². The number of likely N-dealkylation sites (tertiary alicyclic amines) is 1. The van der Waals surface area contributed by atoms with Gasteiger partial charge in [0.1, 0.15) is 0 Å². The maximum absolute atomic E-state index is 11.8. The Morgan fingerprint density at radius 3 is 2.86 bits per heavy atom. The van der Waals surface area contributed by atoms with Gasteiger partial charge < -0.3 is 10.0 Å². The van der Waals surface area contributed by atoms with E-state index in [2.05, 4.69) is 12.6 Å². The van der Waals surface area contributed by atoms with Crippen molar-refractivity contribution in [3.63, 3.8) is 0 Å². The summed E-state index contributed by atoms with van der Waals surface area (Å²) in [5.74, 6) is 0.0503. The molecule has 1 heterocycles. The molecule has 1 fully saturated rings. The normalized spacial score (nSPS) is 25.6. The van der Waals surface area contributed by atoms with Crippen LogP contribution in [-0.4, -0.2) is 40.4 Å². The number of rotatable bonds is 2. The SMILES string of the molecule is CC(S)C(=O)N1CCCCCC1CO. The molecule has 1 N–H and O–H groups in total. The minimum Gasteiger partial charge on any atom is -0.394 e. The van der Waals surface area contributed by atoms with Gasteiger partial charge in [-0.2, -0.15) is 12.6 Å². The third-order valence-corrected chi connectivity index (χ3v) is 2.95. The van der Waals surface area contributed by atoms with E-state index in [4.69, 9.17) is 0 Å². The average molecular weight is 217 g/mol. The molecular formula is C10H19NO2S. The Morgan fingerprint density at radius 1 is 1.57 bits per heavy atom. The first-order chi connectivity index (χ1) is 6.66. The van der Waals surface area contributed by atoms with Gasteiger partial charge in [0.2, 0.25) is 5.91 Å². The highest BCUT2D eigenvalue weighted by molar-refractivity contribution is 7.81. The molecule has 1 aliphatic heterocycles. The Labute approximate surface area is 90.9 Å². The first-order valence-corrected chi connectivity index (χ1v) is 5.78. The van der Waals surface area contributed by atoms with Gasteiger partial charge in [0.15, 0.2) is 0 Å². The zero-order chi connectivity index (χ0) is 10.6. The minimum atomic E-state index is -0.262. The van der Waals surface area contributed by atoms with Crippen LogP contribution in [0.25, 0.3) is 0 Å². The molecule has 2 atom stereocenters. The number of amides is 1. The van der Waals surface area contributed by atoms with Crippen LogP contribution in [0.5, 0.6) is 0 Å². The van der Waals surface area contributed by atoms with Crippen molar-refractivity contribution >= 4 is 18.5 Å². The fourth-order valence-electron chi connectivity index (χ4n) is 1.90. The summed E-state index contributed by atoms with van der Waals surface area (Å²) in [6, 6.07) is 0.0135. The number of hydrogen-bond donors (Lipinski definition) is 2. The fourth-order valence-corrected chi connectivity index (χ4v) is 2.05. The quantitative estimate of drug-likeness (QED) is 0.679. The summed E-state index contributed by atoms with van der Waals surface area (Å²) in [5.41, 5.74) is 0. The molecule has 0 radical (unpaired) electrons. The molecule has 0 saturated carbocycles. The van der Waals surface area contributed by atoms with Crippen LogP contribution in [0.2, 0.25) is 0 Å². The molecule has 14 heavy (non-hydrogen) atoms. The molecule has 1 aliphatic rings. The number of thiol groups is 1. The first kappa shape index (κ1) is 11.9. The van der Waals surface area contributed by atoms with Gasteiger partial charge in [0.05, 0.1) is 17.9 Å². The van der Waals surface area contributed by atoms with Crippen LogP contribution in [-0.2, 0) is 4.79 Å². The molecule has 1 amide bonds. The lowest BCUT2D eigenvalue weighted by atomic mass is 10.1. The zero-order valence-corrected chi connectivity index (χ0v) is 9.54. The van der Waals surface area contributed by atoms with E-state index in [1.54, 1.807) is 11.8 Å². The van der Waals surface area contributed by atoms with E-state index in [-0.39, 0.29) is 23.8 Å². The van der Waals surface area contributed by atoms with Gasteiger partial charge in [-0.15, -0.1) is 0 Å². The zero-order valence-electron chi connectivity index (χ0n) is 8.65. The lowest BCUT2D eigenvalue weighted by Gasteiger charge is -2.29. The lowest BCUT2D eigenvalue weighted by molar-refractivity contribution is -0.133. The average Bonchev–Trinajstić information content (AvgIpc) is 2.40. The van der Waals surface area contributed by atoms with E-state index < -0.39 is 0 Å². The van der Waals surface area contributed by atoms with Crippen LogP contribution in [0, 0.1) is 0 Å². The van der Waals surface area contributed by atoms with Gasteiger partial charge in [0.25, 0.3) is 0 Å². The number of aliphatic hydroxyl groups is 1. The summed E-state index contributed by atoms with van der Waals surface area (Å²) in [6.07, 6.45) is 4.22. The molecule has 0 aromatic rings. The molecule has 1 rings (SSSR count). The highest BCUT2D eigenvalue weighted by Crippen LogP contribution is 2.18. The van der Waals surface area contributed by atoms with Gasteiger partial charge in [-0.1, -0.05) is 12.8 Å². The molecule has 0 aromatic carbocycles. The van der Waals surface area contributed by atoms with Crippen molar-refractivity contribution in [3.05, 3.63) is 0 Å². The van der Waals surface area contributed by atoms with Crippen molar-refractivity contribution < 1.29 is 9.90 Å². The maximum Gasteiger partial charge on any atom is 0.235 e. The number of carbonyl (C=O) groups excluding carboxylic acids is 1. The molecule has 0 aliphatic carbocycles. The number of aliphatic hydroxyl groups excluding tert-OH is 1. The Bertz CT molecular complexity index is 197. The number of hydrogen-bond acceptors (Lipinski definition) is 3. The van der Waals surface area contributed by atoms with Crippen molar-refractivity contribution in [3.8, 4) is 0 Å². The predicted molar refractivity (Wildman–Crippen MR) is 59.5 cm³/mol. The standard InChI is InChI=1S/C10H19NO2S/c1-8(14)10(13)11-6-4-2-3-5-9(11)7-12/h8-9,12,14H,2-7H2,1H3. The van der Waals surface area contributed by atoms with Crippen molar-refractivity contribution in [2.45, 2.75) is 43.9 Å². The molecule has 4 heteroatoms. The number of carbonyl (C=O) groups is 1. The van der Waals surface area contributed by atoms with E-state index in [9.17, 15) is 9.90 Å². The first-order valence-electron chi connectivity index (χ1n) is 5.26. The lowest BCUT2D eigenvalue weighted by Crippen LogP contribution is -2.45. The van der Waals surface area contributed by atoms with Crippen LogP contribution < -0.4 is 0 Å². The van der Waals surface area contributed by atoms with Crippen LogP contribution in [0.3, 0.4) is 0 Å². The van der Waals surface area contributed by atoms with Crippen LogP contribution in [0.4, 0.5) is 0 Å². The van der Waals surface area contributed by atoms with Gasteiger partial charge in [-0.05, 0) is 19.8 Å². The molecule has 0 aromatic heterocycles. The van der Waals surface area contributed by atoms with E-state index >= 15 is 0 Å². The molecule has 82 valence electrons. The molecule has 3 nitrogen and oxygen atoms in total. The molecule has 1 saturated heterocycles. The summed E-state index contributed by atoms with van der Waals surface area (Å²) < 4.78 is 0. The molecule has 2 unspecified atom stereocenters. The van der Waals surface area contributed by atoms with Gasteiger partial charge in [-0.3, -0.25) is 4.79 Å². The van der Waals surface area contributed by atoms with Gasteiger partial charge in [0, 0.05) is 6.54 Å². The molecule has 0 bridgehead atoms. The van der Waals surface area contributed by atoms with Crippen LogP contribution in [0.1, 0.15) is 32.6 Å². The second-order valence-corrected chi connectivity index (χ2v) is 4.67. The molecule has 0 spiro atoms. The predicted octanol–water partition coefficient (Wildman–Crippen LogP) is 1.07. The summed E-state index contributed by atoms with van der Waals surface area (Å²) in [5, 5.41) is 8.94. The minimum absolute atomic E-state index is 0.0135. The highest BCUT2D eigenvalue weighted by atomic mass is 32.1. The Balaban J connectivity index is 2.65. The van der Waals surface area contributed by atoms with E-state index in [1.807, 2.05) is 0 Å². The molecular weight excluding hydrogens is 198 g/mol. The third kappa shape index (κ3) is 2.89. The second kappa shape index (κ2) is 5.61. The van der Waals surface area contributed by atoms with E-state index in [1.165, 1.54) is 0 Å². The summed E-state index contributed by atoms with van der Waals surface area (Å²) in [4.78, 5) is 13.6. The topological polar surface area (TPSA) is 40.5 Å². The van der Waals surface area contributed by atoms with Crippen LogP contribution >= 0.6 is 12.6 Å². The monoisotopic (exact) mass is 217 g/mol. The van der Waals surface area contributed by atoms with Crippen molar-refractivity contribution in [1.29, 1.82) is 0 Å². The van der Waals surface area contributed by atoms with Crippen LogP contribution in [0.15, 0.2) is 0 Å². The fraction of sp³-hybridized carbons (Fsp3) is 0.900. The largest absolute Gasteiger partial charge is 0.394 e. The third-order valence-electron chi connectivity index (χ3n) is 2.73. The smallest absolute Gasteiger partial charge is 0.235 e. The highest BCUT2D eigenvalue weighted by Gasteiger charge is 2.26. The van der Waals surface area contributed by atoms with Gasteiger partial charge in [-0.25, -0.2) is 0 Å². The van der Waals surface area contributed by atoms with Crippen molar-refractivity contribution in [1.82, 2.24) is 4.90 Å². The maximum atomic E-state index is 11.8. The summed E-state index contributed by atoms with van der Waals surface area (Å²) in [6.45, 7) is 2.63. The summed E-state index contributed by atoms with van der Waals surface area (Å²) in [7, 11) is 0. The Hall–Kier alpha value is -0.220. The Kier molecular flexibility index (Phi) is 4.75. The van der Waals surface area contributed by atoms with Gasteiger partial charge >= 0.3 is 0 Å².